The summed E-state index contributed by atoms with van der Waals surface area (Å²) in [5.41, 5.74) is 1.00. The minimum atomic E-state index is -0.778. The van der Waals surface area contributed by atoms with Crippen molar-refractivity contribution in [3.05, 3.63) is 36.2 Å². The minimum Gasteiger partial charge on any atom is -0.350 e. The van der Waals surface area contributed by atoms with E-state index in [2.05, 4.69) is 15.7 Å². The van der Waals surface area contributed by atoms with Gasteiger partial charge in [0.05, 0.1) is 11.7 Å². The van der Waals surface area contributed by atoms with Crippen molar-refractivity contribution in [2.75, 3.05) is 6.54 Å². The minimum absolute atomic E-state index is 0.258. The summed E-state index contributed by atoms with van der Waals surface area (Å²) < 4.78 is 1.72. The highest BCUT2D eigenvalue weighted by atomic mass is 16.2. The number of aromatic nitrogens is 2. The maximum Gasteiger partial charge on any atom is 0.325 e. The first-order valence-electron chi connectivity index (χ1n) is 8.41. The van der Waals surface area contributed by atoms with Gasteiger partial charge in [-0.25, -0.2) is 9.31 Å². The van der Waals surface area contributed by atoms with Gasteiger partial charge in [0.15, 0.2) is 0 Å². The predicted molar refractivity (Wildman–Crippen MR) is 88.5 cm³/mol. The molecular weight excluding hydrogens is 322 g/mol. The van der Waals surface area contributed by atoms with Crippen molar-refractivity contribution in [3.8, 4) is 0 Å². The van der Waals surface area contributed by atoms with Crippen molar-refractivity contribution < 1.29 is 14.4 Å². The molecule has 4 amide bonds. The largest absolute Gasteiger partial charge is 0.350 e. The first kappa shape index (κ1) is 15.6. The van der Waals surface area contributed by atoms with Crippen LogP contribution in [0.1, 0.15) is 31.2 Å². The summed E-state index contributed by atoms with van der Waals surface area (Å²) in [6, 6.07) is 5.21. The second-order valence-corrected chi connectivity index (χ2v) is 6.59. The van der Waals surface area contributed by atoms with Crippen LogP contribution in [0.2, 0.25) is 0 Å². The molecule has 3 heterocycles. The lowest BCUT2D eigenvalue weighted by Crippen LogP contribution is -2.45. The second kappa shape index (κ2) is 5.87. The number of pyridine rings is 1. The van der Waals surface area contributed by atoms with Crippen molar-refractivity contribution in [1.82, 2.24) is 25.1 Å². The van der Waals surface area contributed by atoms with E-state index < -0.39 is 11.6 Å². The summed E-state index contributed by atoms with van der Waals surface area (Å²) in [6.07, 6.45) is 6.66. The van der Waals surface area contributed by atoms with Gasteiger partial charge < -0.3 is 10.6 Å². The number of nitrogens with zero attached hydrogens (tertiary/aromatic N) is 3. The SMILES string of the molecule is O=C(CN1C(=O)NC2(CCCC2)C1=O)NCc1cnn2ccccc12. The van der Waals surface area contributed by atoms with Crippen LogP contribution in [0, 0.1) is 0 Å². The zero-order valence-electron chi connectivity index (χ0n) is 13.7. The molecule has 1 spiro atoms. The van der Waals surface area contributed by atoms with Crippen LogP contribution in [-0.4, -0.2) is 44.4 Å². The van der Waals surface area contributed by atoms with Gasteiger partial charge >= 0.3 is 6.03 Å². The highest BCUT2D eigenvalue weighted by Crippen LogP contribution is 2.34. The lowest BCUT2D eigenvalue weighted by Gasteiger charge is -2.19. The van der Waals surface area contributed by atoms with E-state index in [0.29, 0.717) is 19.4 Å². The smallest absolute Gasteiger partial charge is 0.325 e. The van der Waals surface area contributed by atoms with E-state index in [1.165, 1.54) is 0 Å². The van der Waals surface area contributed by atoms with Gasteiger partial charge in [0.25, 0.3) is 5.91 Å². The van der Waals surface area contributed by atoms with Gasteiger partial charge in [-0.2, -0.15) is 5.10 Å². The Bertz CT molecular complexity index is 853. The lowest BCUT2D eigenvalue weighted by molar-refractivity contribution is -0.134. The van der Waals surface area contributed by atoms with Crippen LogP contribution in [0.3, 0.4) is 0 Å². The van der Waals surface area contributed by atoms with Crippen molar-refractivity contribution in [1.29, 1.82) is 0 Å². The Kier molecular flexibility index (Phi) is 3.67. The molecule has 1 aliphatic carbocycles. The number of hydrogen-bond acceptors (Lipinski definition) is 4. The summed E-state index contributed by atoms with van der Waals surface area (Å²) >= 11 is 0. The van der Waals surface area contributed by atoms with E-state index >= 15 is 0 Å². The van der Waals surface area contributed by atoms with Crippen LogP contribution < -0.4 is 10.6 Å². The zero-order valence-corrected chi connectivity index (χ0v) is 13.7. The zero-order chi connectivity index (χ0) is 17.4. The lowest BCUT2D eigenvalue weighted by atomic mass is 9.98. The molecule has 8 nitrogen and oxygen atoms in total. The summed E-state index contributed by atoms with van der Waals surface area (Å²) in [7, 11) is 0. The summed E-state index contributed by atoms with van der Waals surface area (Å²) in [4.78, 5) is 37.9. The third-order valence-corrected chi connectivity index (χ3v) is 4.99. The molecule has 8 heteroatoms. The second-order valence-electron chi connectivity index (χ2n) is 6.59. The van der Waals surface area contributed by atoms with Crippen molar-refractivity contribution in [2.24, 2.45) is 0 Å². The number of hydrogen-bond donors (Lipinski definition) is 2. The summed E-state index contributed by atoms with van der Waals surface area (Å²) in [6.45, 7) is 0.0345. The Hall–Kier alpha value is -2.90. The standard InChI is InChI=1S/C17H19N5O3/c23-14(18-9-12-10-19-22-8-4-1-5-13(12)22)11-21-15(24)17(20-16(21)25)6-2-3-7-17/h1,4-5,8,10H,2-3,6-7,9,11H2,(H,18,23)(H,20,25). The number of imide groups is 1. The highest BCUT2D eigenvalue weighted by Gasteiger charge is 2.52. The van der Waals surface area contributed by atoms with Crippen LogP contribution in [0.5, 0.6) is 0 Å². The molecule has 0 bridgehead atoms. The molecule has 0 radical (unpaired) electrons. The number of amides is 4. The van der Waals surface area contributed by atoms with Crippen LogP contribution in [-0.2, 0) is 16.1 Å². The van der Waals surface area contributed by atoms with Gasteiger partial charge in [0.1, 0.15) is 12.1 Å². The number of carbonyl (C=O) groups is 3. The Morgan fingerprint density at radius 1 is 1.28 bits per heavy atom. The van der Waals surface area contributed by atoms with E-state index in [4.69, 9.17) is 0 Å². The van der Waals surface area contributed by atoms with Crippen molar-refractivity contribution >= 4 is 23.4 Å². The summed E-state index contributed by atoms with van der Waals surface area (Å²) in [5.74, 6) is -0.644. The first-order chi connectivity index (χ1) is 12.1. The predicted octanol–water partition coefficient (Wildman–Crippen LogP) is 0.815. The van der Waals surface area contributed by atoms with Gasteiger partial charge in [-0.15, -0.1) is 0 Å². The normalized spacial score (nSPS) is 19.0. The Morgan fingerprint density at radius 3 is 2.88 bits per heavy atom. The van der Waals surface area contributed by atoms with Gasteiger partial charge in [0, 0.05) is 18.3 Å². The molecule has 2 fully saturated rings. The molecule has 25 heavy (non-hydrogen) atoms. The van der Waals surface area contributed by atoms with E-state index in [0.717, 1.165) is 28.8 Å². The third-order valence-electron chi connectivity index (χ3n) is 4.99. The monoisotopic (exact) mass is 341 g/mol. The molecule has 0 unspecified atom stereocenters. The average Bonchev–Trinajstić information content (AvgIpc) is 3.29. The van der Waals surface area contributed by atoms with E-state index in [1.54, 1.807) is 10.7 Å². The Morgan fingerprint density at radius 2 is 2.08 bits per heavy atom. The van der Waals surface area contributed by atoms with Crippen LogP contribution >= 0.6 is 0 Å². The quantitative estimate of drug-likeness (QED) is 0.805. The van der Waals surface area contributed by atoms with Crippen molar-refractivity contribution in [3.63, 3.8) is 0 Å². The molecule has 130 valence electrons. The van der Waals surface area contributed by atoms with E-state index in [1.807, 2.05) is 24.4 Å². The van der Waals surface area contributed by atoms with Crippen LogP contribution in [0.25, 0.3) is 5.52 Å². The topological polar surface area (TPSA) is 95.8 Å². The number of urea groups is 1. The molecule has 1 saturated carbocycles. The highest BCUT2D eigenvalue weighted by molar-refractivity contribution is 6.09. The number of fused-ring (bicyclic) bond motifs is 1. The molecule has 2 aromatic rings. The van der Waals surface area contributed by atoms with Gasteiger partial charge in [0.2, 0.25) is 5.91 Å². The Labute approximate surface area is 144 Å². The van der Waals surface area contributed by atoms with Crippen LogP contribution in [0.15, 0.2) is 30.6 Å². The van der Waals surface area contributed by atoms with Gasteiger partial charge in [-0.3, -0.25) is 14.5 Å². The molecule has 2 aromatic heterocycles. The number of carbonyl (C=O) groups excluding carboxylic acids is 3. The molecule has 2 N–H and O–H groups in total. The fourth-order valence-corrected chi connectivity index (χ4v) is 3.65. The molecule has 2 aliphatic rings. The fourth-order valence-electron chi connectivity index (χ4n) is 3.65. The van der Waals surface area contributed by atoms with E-state index in [9.17, 15) is 14.4 Å². The molecule has 1 aliphatic heterocycles. The van der Waals surface area contributed by atoms with Gasteiger partial charge in [-0.1, -0.05) is 18.9 Å². The molecule has 4 rings (SSSR count). The molecular formula is C17H19N5O3. The van der Waals surface area contributed by atoms with Gasteiger partial charge in [-0.05, 0) is 25.0 Å². The Balaban J connectivity index is 1.39. The summed E-state index contributed by atoms with van der Waals surface area (Å²) in [5, 5.41) is 9.74. The van der Waals surface area contributed by atoms with E-state index in [-0.39, 0.29) is 18.4 Å². The molecule has 1 saturated heterocycles. The number of nitrogens with one attached hydrogen (secondary N) is 2. The third kappa shape index (κ3) is 2.63. The average molecular weight is 341 g/mol. The first-order valence-corrected chi connectivity index (χ1v) is 8.41. The van der Waals surface area contributed by atoms with Crippen molar-refractivity contribution in [2.45, 2.75) is 37.8 Å². The fraction of sp³-hybridized carbons (Fsp3) is 0.412. The maximum absolute atomic E-state index is 12.5. The number of rotatable bonds is 4. The maximum atomic E-state index is 12.5. The molecule has 0 atom stereocenters. The van der Waals surface area contributed by atoms with Crippen LogP contribution in [0.4, 0.5) is 4.79 Å². The molecule has 0 aromatic carbocycles.